The fourth-order valence-electron chi connectivity index (χ4n) is 2.67. The molecule has 1 aliphatic carbocycles. The molecule has 2 aromatic rings. The number of rotatable bonds is 4. The monoisotopic (exact) mass is 296 g/mol. The summed E-state index contributed by atoms with van der Waals surface area (Å²) in [5.74, 6) is 0.256. The predicted octanol–water partition coefficient (Wildman–Crippen LogP) is 2.45. The fourth-order valence-corrected chi connectivity index (χ4v) is 2.67. The van der Waals surface area contributed by atoms with Gasteiger partial charge in [0.15, 0.2) is 0 Å². The molecule has 114 valence electrons. The molecule has 0 saturated heterocycles. The smallest absolute Gasteiger partial charge is 0.223 e. The van der Waals surface area contributed by atoms with Gasteiger partial charge in [-0.25, -0.2) is 0 Å². The molecule has 1 unspecified atom stereocenters. The Morgan fingerprint density at radius 1 is 1.36 bits per heavy atom. The Balaban J connectivity index is 1.58. The van der Waals surface area contributed by atoms with Crippen LogP contribution in [0.5, 0.6) is 0 Å². The molecule has 2 aromatic heterocycles. The molecule has 0 fully saturated rings. The van der Waals surface area contributed by atoms with E-state index in [0.29, 0.717) is 6.54 Å². The molecule has 1 aliphatic rings. The molecule has 3 rings (SSSR count). The molecule has 1 N–H and O–H groups in total. The quantitative estimate of drug-likeness (QED) is 0.882. The topological polar surface area (TPSA) is 59.8 Å². The van der Waals surface area contributed by atoms with Crippen LogP contribution in [0.3, 0.4) is 0 Å². The first-order valence-electron chi connectivity index (χ1n) is 7.60. The van der Waals surface area contributed by atoms with E-state index in [4.69, 9.17) is 0 Å². The van der Waals surface area contributed by atoms with Gasteiger partial charge < -0.3 is 5.32 Å². The van der Waals surface area contributed by atoms with Crippen molar-refractivity contribution in [2.24, 2.45) is 13.0 Å². The molecule has 1 amide bonds. The summed E-state index contributed by atoms with van der Waals surface area (Å²) in [7, 11) is 1.89. The van der Waals surface area contributed by atoms with E-state index in [9.17, 15) is 4.79 Å². The highest BCUT2D eigenvalue weighted by molar-refractivity contribution is 5.78. The van der Waals surface area contributed by atoms with Gasteiger partial charge in [-0.2, -0.15) is 5.10 Å². The summed E-state index contributed by atoms with van der Waals surface area (Å²) < 4.78 is 1.79. The third-order valence-corrected chi connectivity index (χ3v) is 4.01. The zero-order chi connectivity index (χ0) is 15.4. The first-order chi connectivity index (χ1) is 10.7. The average Bonchev–Trinajstić information content (AvgIpc) is 3.00. The second-order valence-electron chi connectivity index (χ2n) is 5.59. The number of pyridine rings is 1. The number of aromatic nitrogens is 3. The molecule has 5 nitrogen and oxygen atoms in total. The Morgan fingerprint density at radius 2 is 2.27 bits per heavy atom. The van der Waals surface area contributed by atoms with Gasteiger partial charge in [0.1, 0.15) is 0 Å². The van der Waals surface area contributed by atoms with Crippen molar-refractivity contribution in [3.63, 3.8) is 0 Å². The lowest BCUT2D eigenvalue weighted by Crippen LogP contribution is -2.30. The summed E-state index contributed by atoms with van der Waals surface area (Å²) in [6.07, 6.45) is 10.6. The minimum Gasteiger partial charge on any atom is -0.352 e. The van der Waals surface area contributed by atoms with E-state index in [1.807, 2.05) is 31.4 Å². The van der Waals surface area contributed by atoms with Crippen LogP contribution in [-0.2, 0) is 18.4 Å². The minimum atomic E-state index is 0.117. The van der Waals surface area contributed by atoms with Gasteiger partial charge in [-0.3, -0.25) is 14.5 Å². The zero-order valence-electron chi connectivity index (χ0n) is 12.7. The normalized spacial score (nSPS) is 17.4. The van der Waals surface area contributed by atoms with Gasteiger partial charge >= 0.3 is 0 Å². The van der Waals surface area contributed by atoms with Crippen molar-refractivity contribution in [1.29, 1.82) is 0 Å². The van der Waals surface area contributed by atoms with Crippen molar-refractivity contribution in [2.75, 3.05) is 0 Å². The number of nitrogens with zero attached hydrogens (tertiary/aromatic N) is 3. The summed E-state index contributed by atoms with van der Waals surface area (Å²) in [6, 6.07) is 5.89. The summed E-state index contributed by atoms with van der Waals surface area (Å²) in [5, 5.41) is 7.14. The first-order valence-corrected chi connectivity index (χ1v) is 7.60. The van der Waals surface area contributed by atoms with Gasteiger partial charge in [0.25, 0.3) is 0 Å². The van der Waals surface area contributed by atoms with Crippen LogP contribution in [0.25, 0.3) is 11.4 Å². The fraction of sp³-hybridized carbons (Fsp3) is 0.353. The molecular formula is C17H20N4O. The zero-order valence-corrected chi connectivity index (χ0v) is 12.7. The lowest BCUT2D eigenvalue weighted by Gasteiger charge is -2.17. The summed E-state index contributed by atoms with van der Waals surface area (Å²) >= 11 is 0. The van der Waals surface area contributed by atoms with Crippen molar-refractivity contribution < 1.29 is 4.79 Å². The molecule has 22 heavy (non-hydrogen) atoms. The average molecular weight is 296 g/mol. The molecular weight excluding hydrogens is 276 g/mol. The third kappa shape index (κ3) is 3.24. The van der Waals surface area contributed by atoms with Crippen molar-refractivity contribution in [3.05, 3.63) is 48.3 Å². The number of carbonyl (C=O) groups excluding carboxylic acids is 1. The van der Waals surface area contributed by atoms with Crippen molar-refractivity contribution >= 4 is 5.91 Å². The van der Waals surface area contributed by atoms with Crippen LogP contribution >= 0.6 is 0 Å². The predicted molar refractivity (Wildman–Crippen MR) is 84.8 cm³/mol. The van der Waals surface area contributed by atoms with E-state index >= 15 is 0 Å². The number of aryl methyl sites for hydroxylation is 1. The Hall–Kier alpha value is -2.43. The Kier molecular flexibility index (Phi) is 4.32. The van der Waals surface area contributed by atoms with Crippen LogP contribution in [-0.4, -0.2) is 20.7 Å². The molecule has 0 aromatic carbocycles. The molecule has 1 atom stereocenters. The van der Waals surface area contributed by atoms with E-state index in [-0.39, 0.29) is 11.8 Å². The molecule has 0 bridgehead atoms. The van der Waals surface area contributed by atoms with Crippen LogP contribution in [0.1, 0.15) is 24.8 Å². The number of allylic oxidation sites excluding steroid dienone is 2. The molecule has 0 spiro atoms. The number of hydrogen-bond acceptors (Lipinski definition) is 3. The molecule has 0 radical (unpaired) electrons. The van der Waals surface area contributed by atoms with Gasteiger partial charge in [-0.15, -0.1) is 0 Å². The van der Waals surface area contributed by atoms with E-state index in [0.717, 1.165) is 36.2 Å². The van der Waals surface area contributed by atoms with Crippen molar-refractivity contribution in [1.82, 2.24) is 20.1 Å². The number of carbonyl (C=O) groups is 1. The summed E-state index contributed by atoms with van der Waals surface area (Å²) in [5.41, 5.74) is 2.86. The maximum absolute atomic E-state index is 12.1. The van der Waals surface area contributed by atoms with Crippen LogP contribution in [0.15, 0.2) is 42.7 Å². The second-order valence-corrected chi connectivity index (χ2v) is 5.59. The second kappa shape index (κ2) is 6.56. The molecule has 0 aliphatic heterocycles. The molecule has 5 heteroatoms. The van der Waals surface area contributed by atoms with Crippen molar-refractivity contribution in [3.8, 4) is 11.4 Å². The van der Waals surface area contributed by atoms with Crippen LogP contribution in [0.2, 0.25) is 0 Å². The Morgan fingerprint density at radius 3 is 2.91 bits per heavy atom. The highest BCUT2D eigenvalue weighted by atomic mass is 16.1. The van der Waals surface area contributed by atoms with E-state index in [2.05, 4.69) is 27.6 Å². The maximum atomic E-state index is 12.1. The summed E-state index contributed by atoms with van der Waals surface area (Å²) in [4.78, 5) is 16.5. The lowest BCUT2D eigenvalue weighted by molar-refractivity contribution is -0.125. The Labute approximate surface area is 130 Å². The molecule has 2 heterocycles. The van der Waals surface area contributed by atoms with Gasteiger partial charge in [-0.1, -0.05) is 18.2 Å². The van der Waals surface area contributed by atoms with E-state index in [1.165, 1.54) is 0 Å². The standard InChI is InChI=1S/C17H20N4O/c1-21-16(9-10-20-21)15-8-7-13(11-18-15)12-19-17(22)14-5-3-2-4-6-14/h2-3,7-11,14H,4-6,12H2,1H3,(H,19,22). The van der Waals surface area contributed by atoms with Gasteiger partial charge in [0.05, 0.1) is 11.4 Å². The number of hydrogen-bond donors (Lipinski definition) is 1. The highest BCUT2D eigenvalue weighted by Gasteiger charge is 2.18. The SMILES string of the molecule is Cn1nccc1-c1ccc(CNC(=O)C2CC=CCC2)cn1. The first kappa shape index (κ1) is 14.5. The van der Waals surface area contributed by atoms with Gasteiger partial charge in [0.2, 0.25) is 5.91 Å². The van der Waals surface area contributed by atoms with Crippen molar-refractivity contribution in [2.45, 2.75) is 25.8 Å². The van der Waals surface area contributed by atoms with Crippen LogP contribution in [0.4, 0.5) is 0 Å². The largest absolute Gasteiger partial charge is 0.352 e. The highest BCUT2D eigenvalue weighted by Crippen LogP contribution is 2.18. The molecule has 0 saturated carbocycles. The number of amides is 1. The minimum absolute atomic E-state index is 0.117. The van der Waals surface area contributed by atoms with Crippen LogP contribution in [0, 0.1) is 5.92 Å². The van der Waals surface area contributed by atoms with Crippen LogP contribution < -0.4 is 5.32 Å². The lowest BCUT2D eigenvalue weighted by atomic mass is 9.93. The Bertz CT molecular complexity index is 672. The van der Waals surface area contributed by atoms with E-state index < -0.39 is 0 Å². The van der Waals surface area contributed by atoms with Gasteiger partial charge in [0, 0.05) is 31.9 Å². The van der Waals surface area contributed by atoms with Gasteiger partial charge in [-0.05, 0) is 37.0 Å². The third-order valence-electron chi connectivity index (χ3n) is 4.01. The number of nitrogens with one attached hydrogen (secondary N) is 1. The maximum Gasteiger partial charge on any atom is 0.223 e. The van der Waals surface area contributed by atoms with E-state index in [1.54, 1.807) is 10.9 Å². The summed E-state index contributed by atoms with van der Waals surface area (Å²) in [6.45, 7) is 0.526.